The average Bonchev–Trinajstić information content (AvgIpc) is 3.01. The number of anilines is 1. The Morgan fingerprint density at radius 1 is 0.756 bits per heavy atom. The average molecular weight is 560 g/mol. The van der Waals surface area contributed by atoms with Gasteiger partial charge < -0.3 is 35.2 Å². The topological polar surface area (TPSA) is 131 Å². The molecule has 1 spiro atoms. The summed E-state index contributed by atoms with van der Waals surface area (Å²) in [4.78, 5) is 15.7. The fourth-order valence-electron chi connectivity index (χ4n) is 7.03. The maximum atomic E-state index is 13.9. The van der Waals surface area contributed by atoms with Crippen molar-refractivity contribution in [2.24, 2.45) is 5.41 Å². The van der Waals surface area contributed by atoms with Gasteiger partial charge in [-0.3, -0.25) is 4.79 Å². The maximum Gasteiger partial charge on any atom is 0.236 e. The molecular weight excluding hydrogens is 522 g/mol. The van der Waals surface area contributed by atoms with Crippen molar-refractivity contribution in [1.82, 2.24) is 0 Å². The van der Waals surface area contributed by atoms with Crippen LogP contribution in [0.3, 0.4) is 0 Å². The van der Waals surface area contributed by atoms with Crippen molar-refractivity contribution >= 4 is 11.6 Å². The third kappa shape index (κ3) is 4.78. The van der Waals surface area contributed by atoms with Crippen LogP contribution in [0.1, 0.15) is 48.4 Å². The van der Waals surface area contributed by atoms with Gasteiger partial charge in [-0.1, -0.05) is 72.8 Å². The molecule has 1 aliphatic carbocycles. The lowest BCUT2D eigenvalue weighted by Gasteiger charge is -2.59. The van der Waals surface area contributed by atoms with Crippen molar-refractivity contribution in [1.29, 1.82) is 0 Å². The van der Waals surface area contributed by atoms with E-state index < -0.39 is 48.1 Å². The van der Waals surface area contributed by atoms with E-state index in [-0.39, 0.29) is 18.4 Å². The Hall–Kier alpha value is -3.11. The monoisotopic (exact) mass is 559 g/mol. The van der Waals surface area contributed by atoms with Crippen molar-refractivity contribution in [2.45, 2.75) is 74.3 Å². The summed E-state index contributed by atoms with van der Waals surface area (Å²) in [7, 11) is 0. The summed E-state index contributed by atoms with van der Waals surface area (Å²) in [6.07, 6.45) is -3.42. The van der Waals surface area contributed by atoms with Crippen LogP contribution in [0, 0.1) is 5.41 Å². The van der Waals surface area contributed by atoms with E-state index >= 15 is 0 Å². The van der Waals surface area contributed by atoms with Gasteiger partial charge in [-0.25, -0.2) is 0 Å². The fourth-order valence-corrected chi connectivity index (χ4v) is 7.03. The van der Waals surface area contributed by atoms with Crippen LogP contribution in [-0.2, 0) is 21.6 Å². The summed E-state index contributed by atoms with van der Waals surface area (Å²) in [5.74, 6) is 0.0780. The van der Waals surface area contributed by atoms with Crippen LogP contribution < -0.4 is 4.90 Å². The number of carbonyl (C=O) groups is 1. The second kappa shape index (κ2) is 10.9. The molecule has 2 aliphatic heterocycles. The number of ether oxygens (including phenoxy) is 1. The van der Waals surface area contributed by atoms with Gasteiger partial charge in [0.25, 0.3) is 0 Å². The highest BCUT2D eigenvalue weighted by molar-refractivity contribution is 6.06. The van der Waals surface area contributed by atoms with Crippen LogP contribution in [0.25, 0.3) is 0 Å². The molecule has 0 bridgehead atoms. The number of β-lactam (4-membered cyclic amide) rings is 1. The minimum absolute atomic E-state index is 0.0780. The summed E-state index contributed by atoms with van der Waals surface area (Å²) >= 11 is 0. The molecule has 6 atom stereocenters. The zero-order chi connectivity index (χ0) is 28.8. The van der Waals surface area contributed by atoms with E-state index in [0.717, 1.165) is 22.4 Å². The lowest BCUT2D eigenvalue weighted by atomic mass is 9.56. The highest BCUT2D eigenvalue weighted by Crippen LogP contribution is 2.61. The smallest absolute Gasteiger partial charge is 0.236 e. The Kier molecular flexibility index (Phi) is 7.48. The maximum absolute atomic E-state index is 13.9. The summed E-state index contributed by atoms with van der Waals surface area (Å²) in [5, 5.41) is 51.7. The van der Waals surface area contributed by atoms with Gasteiger partial charge in [0.2, 0.25) is 5.91 Å². The first-order valence-electron chi connectivity index (χ1n) is 14.3. The summed E-state index contributed by atoms with van der Waals surface area (Å²) in [5.41, 5.74) is 1.98. The Balaban J connectivity index is 1.25. The van der Waals surface area contributed by atoms with Crippen LogP contribution in [0.2, 0.25) is 0 Å². The van der Waals surface area contributed by atoms with E-state index in [1.807, 2.05) is 89.8 Å². The van der Waals surface area contributed by atoms with E-state index in [1.165, 1.54) is 0 Å². The number of aliphatic hydroxyl groups is 5. The standard InChI is InChI=1S/C33H37NO7/c35-20-26-28(37)29(38)27(36)25(41-26)19-21-11-13-22(14-12-21)30-32(31(39)34(30)24-9-5-2-6-10-24)15-17-33(40,18-16-32)23-7-3-1-4-8-23/h1-14,25-30,35-38,40H,15-20H2/t25-,26?,27?,28-,29+,30+,32?,33?/m0/s1. The van der Waals surface area contributed by atoms with Gasteiger partial charge >= 0.3 is 0 Å². The highest BCUT2D eigenvalue weighted by Gasteiger charge is 2.63. The number of nitrogens with zero attached hydrogens (tertiary/aromatic N) is 1. The number of hydrogen-bond donors (Lipinski definition) is 5. The number of aliphatic hydroxyl groups excluding tert-OH is 4. The molecule has 3 fully saturated rings. The normalized spacial score (nSPS) is 35.3. The Morgan fingerprint density at radius 3 is 1.95 bits per heavy atom. The Morgan fingerprint density at radius 2 is 1.34 bits per heavy atom. The molecule has 6 rings (SSSR count). The molecule has 0 radical (unpaired) electrons. The lowest BCUT2D eigenvalue weighted by molar-refractivity contribution is -0.228. The molecule has 1 saturated carbocycles. The summed E-state index contributed by atoms with van der Waals surface area (Å²) in [6.45, 7) is -0.465. The third-order valence-electron chi connectivity index (χ3n) is 9.46. The van der Waals surface area contributed by atoms with Crippen molar-refractivity contribution in [3.63, 3.8) is 0 Å². The summed E-state index contributed by atoms with van der Waals surface area (Å²) in [6, 6.07) is 27.0. The van der Waals surface area contributed by atoms with E-state index in [0.29, 0.717) is 25.7 Å². The number of para-hydroxylation sites is 1. The lowest BCUT2D eigenvalue weighted by Crippen LogP contribution is -2.65. The summed E-state index contributed by atoms with van der Waals surface area (Å²) < 4.78 is 5.69. The molecular formula is C33H37NO7. The van der Waals surface area contributed by atoms with E-state index in [1.54, 1.807) is 0 Å². The molecule has 216 valence electrons. The van der Waals surface area contributed by atoms with Crippen LogP contribution in [0.15, 0.2) is 84.9 Å². The molecule has 5 N–H and O–H groups in total. The molecule has 2 saturated heterocycles. The molecule has 8 nitrogen and oxygen atoms in total. The molecule has 0 aromatic heterocycles. The SMILES string of the molecule is O=C1N(c2ccccc2)[C@H](c2ccc(C[C@@H]3OC(CO)[C@H](O)[C@H](O)C3O)cc2)C12CCC(O)(c1ccccc1)CC2. The highest BCUT2D eigenvalue weighted by atomic mass is 16.5. The predicted octanol–water partition coefficient (Wildman–Crippen LogP) is 2.61. The minimum atomic E-state index is -1.41. The Bertz CT molecular complexity index is 1340. The molecule has 8 heteroatoms. The molecule has 3 aromatic carbocycles. The second-order valence-corrected chi connectivity index (χ2v) is 11.8. The fraction of sp³-hybridized carbons (Fsp3) is 0.424. The number of hydrogen-bond acceptors (Lipinski definition) is 7. The van der Waals surface area contributed by atoms with Gasteiger partial charge in [0.1, 0.15) is 24.4 Å². The first kappa shape index (κ1) is 28.0. The number of carbonyl (C=O) groups excluding carboxylic acids is 1. The Labute approximate surface area is 239 Å². The first-order valence-corrected chi connectivity index (χ1v) is 14.3. The van der Waals surface area contributed by atoms with Gasteiger partial charge in [-0.05, 0) is 54.5 Å². The zero-order valence-electron chi connectivity index (χ0n) is 22.8. The van der Waals surface area contributed by atoms with Crippen molar-refractivity contribution < 1.29 is 35.1 Å². The van der Waals surface area contributed by atoms with Crippen molar-refractivity contribution in [3.05, 3.63) is 102 Å². The predicted molar refractivity (Wildman–Crippen MR) is 152 cm³/mol. The quantitative estimate of drug-likeness (QED) is 0.294. The van der Waals surface area contributed by atoms with Crippen molar-refractivity contribution in [3.8, 4) is 0 Å². The molecule has 3 aromatic rings. The number of rotatable bonds is 6. The van der Waals surface area contributed by atoms with E-state index in [4.69, 9.17) is 4.74 Å². The van der Waals surface area contributed by atoms with Gasteiger partial charge in [-0.2, -0.15) is 0 Å². The zero-order valence-corrected chi connectivity index (χ0v) is 22.8. The molecule has 2 heterocycles. The van der Waals surface area contributed by atoms with Crippen LogP contribution in [0.5, 0.6) is 0 Å². The van der Waals surface area contributed by atoms with Gasteiger partial charge in [-0.15, -0.1) is 0 Å². The first-order chi connectivity index (χ1) is 19.8. The third-order valence-corrected chi connectivity index (χ3v) is 9.46. The van der Waals surface area contributed by atoms with Gasteiger partial charge in [0.15, 0.2) is 0 Å². The molecule has 41 heavy (non-hydrogen) atoms. The number of benzene rings is 3. The van der Waals surface area contributed by atoms with Gasteiger partial charge in [0, 0.05) is 12.1 Å². The number of amides is 1. The molecule has 1 amide bonds. The largest absolute Gasteiger partial charge is 0.394 e. The van der Waals surface area contributed by atoms with Gasteiger partial charge in [0.05, 0.1) is 29.8 Å². The second-order valence-electron chi connectivity index (χ2n) is 11.8. The van der Waals surface area contributed by atoms with Crippen molar-refractivity contribution in [2.75, 3.05) is 11.5 Å². The molecule has 3 aliphatic rings. The van der Waals surface area contributed by atoms with E-state index in [9.17, 15) is 30.3 Å². The van der Waals surface area contributed by atoms with Crippen LogP contribution in [-0.4, -0.2) is 68.6 Å². The van der Waals surface area contributed by atoms with Crippen LogP contribution in [0.4, 0.5) is 5.69 Å². The molecule has 2 unspecified atom stereocenters. The minimum Gasteiger partial charge on any atom is -0.394 e. The van der Waals surface area contributed by atoms with Crippen LogP contribution >= 0.6 is 0 Å². The van der Waals surface area contributed by atoms with E-state index in [2.05, 4.69) is 0 Å².